The van der Waals surface area contributed by atoms with Crippen molar-refractivity contribution < 1.29 is 0 Å². The van der Waals surface area contributed by atoms with Gasteiger partial charge < -0.3 is 10.6 Å². The third-order valence-corrected chi connectivity index (χ3v) is 0.934. The van der Waals surface area contributed by atoms with E-state index < -0.39 is 5.96 Å². The fourth-order valence-corrected chi connectivity index (χ4v) is 0.386. The maximum absolute atomic E-state index is 9.98. The first kappa shape index (κ1) is 13.2. The normalized spacial score (nSPS) is 7.83. The van der Waals surface area contributed by atoms with E-state index in [0.717, 1.165) is 0 Å². The predicted molar refractivity (Wildman–Crippen MR) is 48.2 cm³/mol. The van der Waals surface area contributed by atoms with E-state index in [0.29, 0.717) is 5.01 Å². The van der Waals surface area contributed by atoms with E-state index >= 15 is 0 Å². The Morgan fingerprint density at radius 2 is 1.83 bits per heavy atom. The Balaban J connectivity index is 0. The Morgan fingerprint density at radius 3 is 1.92 bits per heavy atom. The summed E-state index contributed by atoms with van der Waals surface area (Å²) in [5.74, 6) is -0.814. The molecule has 0 aromatic rings. The number of nitrogens with zero attached hydrogens (tertiary/aromatic N) is 3. The van der Waals surface area contributed by atoms with Crippen LogP contribution in [0.25, 0.3) is 0 Å². The van der Waals surface area contributed by atoms with Gasteiger partial charge in [-0.25, -0.2) is 0 Å². The summed E-state index contributed by atoms with van der Waals surface area (Å²) in [5, 5.41) is 16.8. The Labute approximate surface area is 75.9 Å². The van der Waals surface area contributed by atoms with Crippen molar-refractivity contribution in [2.24, 2.45) is 11.0 Å². The highest BCUT2D eigenvalue weighted by Gasteiger charge is 2.14. The van der Waals surface area contributed by atoms with Gasteiger partial charge in [-0.15, -0.1) is 22.3 Å². The number of nitroso groups, excluding NO2 is 1. The predicted octanol–water partition coefficient (Wildman–Crippen LogP) is -0.219. The van der Waals surface area contributed by atoms with Gasteiger partial charge in [0.2, 0.25) is 11.9 Å². The van der Waals surface area contributed by atoms with Crippen LogP contribution >= 0.6 is 12.4 Å². The van der Waals surface area contributed by atoms with E-state index in [-0.39, 0.29) is 18.4 Å². The van der Waals surface area contributed by atoms with E-state index in [2.05, 4.69) is 5.29 Å². The van der Waals surface area contributed by atoms with Gasteiger partial charge in [0, 0.05) is 14.1 Å². The van der Waals surface area contributed by atoms with Crippen molar-refractivity contribution >= 4 is 24.3 Å². The number of guanidine groups is 2. The number of nitrogens with two attached hydrogens (primary N) is 1. The second-order valence-electron chi connectivity index (χ2n) is 2.00. The van der Waals surface area contributed by atoms with Gasteiger partial charge in [0.15, 0.2) is 0 Å². The molecule has 0 aliphatic rings. The van der Waals surface area contributed by atoms with Crippen LogP contribution in [0.15, 0.2) is 5.29 Å². The minimum absolute atomic E-state index is 0. The van der Waals surface area contributed by atoms with Crippen LogP contribution < -0.4 is 5.73 Å². The molecule has 4 N–H and O–H groups in total. The van der Waals surface area contributed by atoms with E-state index in [1.54, 1.807) is 14.1 Å². The lowest BCUT2D eigenvalue weighted by Gasteiger charge is -2.19. The molecule has 0 aromatic carbocycles. The Hall–Kier alpha value is -1.37. The fraction of sp³-hybridized carbons (Fsp3) is 0.500. The third-order valence-electron chi connectivity index (χ3n) is 0.934. The van der Waals surface area contributed by atoms with Crippen LogP contribution in [-0.2, 0) is 0 Å². The molecule has 7 nitrogen and oxygen atoms in total. The topological polar surface area (TPSA) is 110 Å². The van der Waals surface area contributed by atoms with Crippen LogP contribution in [0.3, 0.4) is 0 Å². The van der Waals surface area contributed by atoms with Crippen LogP contribution in [0.4, 0.5) is 0 Å². The average molecular weight is 195 g/mol. The summed E-state index contributed by atoms with van der Waals surface area (Å²) in [6.07, 6.45) is 0. The highest BCUT2D eigenvalue weighted by molar-refractivity contribution is 5.94. The van der Waals surface area contributed by atoms with Gasteiger partial charge in [-0.1, -0.05) is 0 Å². The molecule has 0 atom stereocenters. The van der Waals surface area contributed by atoms with Crippen LogP contribution in [0, 0.1) is 15.7 Å². The largest absolute Gasteiger partial charge is 0.368 e. The summed E-state index contributed by atoms with van der Waals surface area (Å²) in [6.45, 7) is 0. The lowest BCUT2D eigenvalue weighted by atomic mass is 10.7. The lowest BCUT2D eigenvalue weighted by molar-refractivity contribution is 0.489. The van der Waals surface area contributed by atoms with E-state index in [1.807, 2.05) is 0 Å². The first-order valence-corrected chi connectivity index (χ1v) is 2.74. The monoisotopic (exact) mass is 194 g/mol. The number of hydrogen-bond donors (Lipinski definition) is 3. The van der Waals surface area contributed by atoms with E-state index in [1.165, 1.54) is 4.90 Å². The van der Waals surface area contributed by atoms with Gasteiger partial charge in [-0.3, -0.25) is 10.8 Å². The summed E-state index contributed by atoms with van der Waals surface area (Å²) in [7, 11) is 3.09. The molecule has 0 amide bonds. The minimum atomic E-state index is -0.571. The molecule has 0 spiro atoms. The molecule has 0 aliphatic heterocycles. The summed E-state index contributed by atoms with van der Waals surface area (Å²) < 4.78 is 0. The molecule has 0 radical (unpaired) electrons. The second-order valence-corrected chi connectivity index (χ2v) is 2.00. The molecule has 0 bridgehead atoms. The molecule has 0 unspecified atom stereocenters. The highest BCUT2D eigenvalue weighted by atomic mass is 35.5. The second kappa shape index (κ2) is 5.30. The molecule has 0 saturated carbocycles. The molecule has 0 rings (SSSR count). The van der Waals surface area contributed by atoms with Crippen molar-refractivity contribution in [3.05, 3.63) is 4.91 Å². The molecule has 0 saturated heterocycles. The molecule has 8 heteroatoms. The summed E-state index contributed by atoms with van der Waals surface area (Å²) >= 11 is 0. The smallest absolute Gasteiger partial charge is 0.224 e. The maximum Gasteiger partial charge on any atom is 0.224 e. The Morgan fingerprint density at radius 1 is 1.42 bits per heavy atom. The van der Waals surface area contributed by atoms with E-state index in [4.69, 9.17) is 16.6 Å². The first-order valence-electron chi connectivity index (χ1n) is 2.74. The minimum Gasteiger partial charge on any atom is -0.368 e. The quantitative estimate of drug-likeness (QED) is 0.232. The van der Waals surface area contributed by atoms with E-state index in [9.17, 15) is 4.91 Å². The fourth-order valence-electron chi connectivity index (χ4n) is 0.386. The summed E-state index contributed by atoms with van der Waals surface area (Å²) in [6, 6.07) is 0. The molecule has 12 heavy (non-hydrogen) atoms. The highest BCUT2D eigenvalue weighted by Crippen LogP contribution is 1.91. The van der Waals surface area contributed by atoms with Crippen LogP contribution in [0.2, 0.25) is 0 Å². The number of halogens is 1. The van der Waals surface area contributed by atoms with Crippen LogP contribution in [0.5, 0.6) is 0 Å². The van der Waals surface area contributed by atoms with Crippen molar-refractivity contribution in [2.45, 2.75) is 0 Å². The van der Waals surface area contributed by atoms with Crippen molar-refractivity contribution in [2.75, 3.05) is 14.1 Å². The van der Waals surface area contributed by atoms with Gasteiger partial charge in [0.1, 0.15) is 0 Å². The van der Waals surface area contributed by atoms with Gasteiger partial charge in [-0.2, -0.15) is 0 Å². The van der Waals surface area contributed by atoms with Gasteiger partial charge in [0.05, 0.1) is 5.29 Å². The lowest BCUT2D eigenvalue weighted by Crippen LogP contribution is -2.43. The van der Waals surface area contributed by atoms with Gasteiger partial charge in [-0.05, 0) is 0 Å². The molecule has 0 heterocycles. The van der Waals surface area contributed by atoms with Gasteiger partial charge in [0.25, 0.3) is 0 Å². The van der Waals surface area contributed by atoms with Crippen LogP contribution in [-0.4, -0.2) is 35.9 Å². The van der Waals surface area contributed by atoms with Crippen molar-refractivity contribution in [3.8, 4) is 0 Å². The molecule has 0 fully saturated rings. The zero-order chi connectivity index (χ0) is 9.02. The van der Waals surface area contributed by atoms with Crippen LogP contribution in [0.1, 0.15) is 0 Å². The zero-order valence-electron chi connectivity index (χ0n) is 6.74. The number of nitrogens with one attached hydrogen (secondary N) is 2. The average Bonchev–Trinajstić information content (AvgIpc) is 1.88. The van der Waals surface area contributed by atoms with Crippen molar-refractivity contribution in [1.82, 2.24) is 9.91 Å². The molecule has 70 valence electrons. The summed E-state index contributed by atoms with van der Waals surface area (Å²) in [4.78, 5) is 11.3. The Kier molecular flexibility index (Phi) is 5.85. The molecule has 0 aromatic heterocycles. The molecular weight excluding hydrogens is 184 g/mol. The molecular formula is C4H11ClN6O. The first-order chi connectivity index (χ1) is 5.00. The third kappa shape index (κ3) is 3.15. The maximum atomic E-state index is 9.98. The standard InChI is InChI=1S/C4H10N6O.ClH/c1-9(2)4(7)10(8-11)3(5)6;/h7H,1-2H3,(H3,5,6);1H. The van der Waals surface area contributed by atoms with Crippen molar-refractivity contribution in [1.29, 1.82) is 10.8 Å². The number of hydrogen-bond acceptors (Lipinski definition) is 4. The number of rotatable bonds is 1. The van der Waals surface area contributed by atoms with Crippen molar-refractivity contribution in [3.63, 3.8) is 0 Å². The zero-order valence-corrected chi connectivity index (χ0v) is 7.55. The summed E-state index contributed by atoms with van der Waals surface area (Å²) in [5.41, 5.74) is 4.93. The Bertz CT molecular complexity index is 192. The SMILES string of the molecule is CN(C)C(=N)N(N=O)C(=N)N.Cl. The van der Waals surface area contributed by atoms with Gasteiger partial charge >= 0.3 is 0 Å². The molecule has 0 aliphatic carbocycles.